The van der Waals surface area contributed by atoms with E-state index < -0.39 is 26.8 Å². The summed E-state index contributed by atoms with van der Waals surface area (Å²) in [6, 6.07) is 16.5. The van der Waals surface area contributed by atoms with Crippen LogP contribution >= 0.6 is 23.2 Å². The monoisotopic (exact) mass is 517 g/mol. The van der Waals surface area contributed by atoms with Gasteiger partial charge in [0.1, 0.15) is 5.82 Å². The van der Waals surface area contributed by atoms with Gasteiger partial charge in [-0.05, 0) is 18.2 Å². The molecule has 1 aliphatic rings. The molecule has 5 nitrogen and oxygen atoms in total. The summed E-state index contributed by atoms with van der Waals surface area (Å²) in [6.45, 7) is 2.27. The Kier molecular flexibility index (Phi) is 6.57. The van der Waals surface area contributed by atoms with Crippen LogP contribution in [0.1, 0.15) is 0 Å². The number of hydrogen-bond donors (Lipinski definition) is 1. The molecule has 0 spiro atoms. The Hall–Kier alpha value is -2.36. The molecule has 1 fully saturated rings. The second-order valence-electron chi connectivity index (χ2n) is 7.66. The van der Waals surface area contributed by atoms with Crippen LogP contribution in [-0.2, 0) is 9.84 Å². The van der Waals surface area contributed by atoms with Crippen molar-refractivity contribution in [2.24, 2.45) is 0 Å². The van der Waals surface area contributed by atoms with E-state index in [-0.39, 0.29) is 10.6 Å². The molecular formula is C22H20Cl2F3N3O2S. The second-order valence-corrected chi connectivity index (χ2v) is 10.4. The van der Waals surface area contributed by atoms with Crippen molar-refractivity contribution < 1.29 is 21.6 Å². The fraction of sp³-hybridized carbons (Fsp3) is 0.273. The molecule has 176 valence electrons. The van der Waals surface area contributed by atoms with Crippen LogP contribution in [0.2, 0.25) is 10.0 Å². The van der Waals surface area contributed by atoms with Crippen LogP contribution in [0, 0.1) is 0 Å². The number of sulfone groups is 1. The maximum Gasteiger partial charge on any atom is 0.403 e. The van der Waals surface area contributed by atoms with Gasteiger partial charge in [0.05, 0.1) is 5.02 Å². The molecule has 0 radical (unpaired) electrons. The van der Waals surface area contributed by atoms with E-state index in [9.17, 15) is 21.6 Å². The fourth-order valence-corrected chi connectivity index (χ4v) is 5.94. The smallest absolute Gasteiger partial charge is 0.368 e. The second kappa shape index (κ2) is 9.12. The number of alkyl halides is 3. The van der Waals surface area contributed by atoms with E-state index in [1.54, 1.807) is 24.3 Å². The largest absolute Gasteiger partial charge is 0.403 e. The molecule has 0 atom stereocenters. The number of para-hydroxylation sites is 1. The molecule has 0 amide bonds. The summed E-state index contributed by atoms with van der Waals surface area (Å²) in [5, 5.41) is -0.646. The number of piperazine rings is 1. The number of H-pyrrole nitrogens is 1. The zero-order valence-electron chi connectivity index (χ0n) is 17.2. The summed E-state index contributed by atoms with van der Waals surface area (Å²) >= 11 is 12.8. The van der Waals surface area contributed by atoms with Crippen molar-refractivity contribution in [2.75, 3.05) is 41.7 Å². The predicted octanol–water partition coefficient (Wildman–Crippen LogP) is 5.65. The third-order valence-electron chi connectivity index (χ3n) is 5.41. The number of benzene rings is 2. The van der Waals surface area contributed by atoms with Crippen molar-refractivity contribution in [2.45, 2.75) is 11.2 Å². The standard InChI is InChI=1S/C22H20Cl2F3N3O2S/c23-17-9-5-4-8-16(17)18-19(24)21(33(31,32)14-22(25,26)27)28-20(18)30-12-10-29(11-13-30)15-6-2-1-3-7-15/h1-9,28H,10-14H2. The molecule has 0 saturated carbocycles. The fourth-order valence-electron chi connectivity index (χ4n) is 3.92. The van der Waals surface area contributed by atoms with E-state index >= 15 is 0 Å². The first-order valence-electron chi connectivity index (χ1n) is 10.1. The van der Waals surface area contributed by atoms with Crippen molar-refractivity contribution in [3.05, 3.63) is 64.6 Å². The number of halogens is 5. The highest BCUT2D eigenvalue weighted by Crippen LogP contribution is 2.44. The summed E-state index contributed by atoms with van der Waals surface area (Å²) in [4.78, 5) is 6.76. The highest BCUT2D eigenvalue weighted by molar-refractivity contribution is 7.91. The van der Waals surface area contributed by atoms with Crippen LogP contribution in [0.3, 0.4) is 0 Å². The SMILES string of the molecule is O=S(=O)(CC(F)(F)F)c1[nH]c(N2CCN(c3ccccc3)CC2)c(-c2ccccc2Cl)c1Cl. The van der Waals surface area contributed by atoms with Crippen molar-refractivity contribution in [1.82, 2.24) is 4.98 Å². The Balaban J connectivity index is 1.74. The van der Waals surface area contributed by atoms with Gasteiger partial charge < -0.3 is 14.8 Å². The molecule has 2 heterocycles. The number of aromatic nitrogens is 1. The molecule has 0 unspecified atom stereocenters. The summed E-state index contributed by atoms with van der Waals surface area (Å²) in [5.74, 6) is -1.68. The normalized spacial score (nSPS) is 15.2. The predicted molar refractivity (Wildman–Crippen MR) is 125 cm³/mol. The van der Waals surface area contributed by atoms with Gasteiger partial charge in [0.15, 0.2) is 10.8 Å². The number of hydrogen-bond acceptors (Lipinski definition) is 4. The Morgan fingerprint density at radius 1 is 0.879 bits per heavy atom. The number of nitrogens with zero attached hydrogens (tertiary/aromatic N) is 2. The number of anilines is 2. The van der Waals surface area contributed by atoms with Crippen molar-refractivity contribution in [3.8, 4) is 11.1 Å². The Morgan fingerprint density at radius 2 is 1.45 bits per heavy atom. The molecule has 4 rings (SSSR count). The lowest BCUT2D eigenvalue weighted by Gasteiger charge is -2.37. The molecule has 1 saturated heterocycles. The molecular weight excluding hydrogens is 498 g/mol. The lowest BCUT2D eigenvalue weighted by atomic mass is 10.1. The first-order valence-corrected chi connectivity index (χ1v) is 12.5. The Morgan fingerprint density at radius 3 is 2.06 bits per heavy atom. The van der Waals surface area contributed by atoms with Gasteiger partial charge in [-0.25, -0.2) is 8.42 Å². The van der Waals surface area contributed by atoms with E-state index in [2.05, 4.69) is 9.88 Å². The molecule has 33 heavy (non-hydrogen) atoms. The quantitative estimate of drug-likeness (QED) is 0.475. The van der Waals surface area contributed by atoms with Crippen LogP contribution in [0.15, 0.2) is 59.6 Å². The number of nitrogens with one attached hydrogen (secondary N) is 1. The highest BCUT2D eigenvalue weighted by Gasteiger charge is 2.39. The zero-order chi connectivity index (χ0) is 23.8. The third-order valence-corrected chi connectivity index (χ3v) is 7.87. The molecule has 11 heteroatoms. The minimum absolute atomic E-state index is 0.274. The first-order chi connectivity index (χ1) is 15.6. The van der Waals surface area contributed by atoms with E-state index in [0.717, 1.165) is 5.69 Å². The maximum absolute atomic E-state index is 12.9. The summed E-state index contributed by atoms with van der Waals surface area (Å²) in [5.41, 5.74) is 1.77. The van der Waals surface area contributed by atoms with Gasteiger partial charge in [-0.15, -0.1) is 0 Å². The van der Waals surface area contributed by atoms with Gasteiger partial charge in [-0.3, -0.25) is 0 Å². The van der Waals surface area contributed by atoms with E-state index in [1.165, 1.54) is 0 Å². The van der Waals surface area contributed by atoms with Gasteiger partial charge in [0, 0.05) is 48.0 Å². The minimum Gasteiger partial charge on any atom is -0.368 e. The van der Waals surface area contributed by atoms with E-state index in [1.807, 2.05) is 35.2 Å². The summed E-state index contributed by atoms with van der Waals surface area (Å²) in [7, 11) is -4.76. The molecule has 1 N–H and O–H groups in total. The molecule has 0 aliphatic carbocycles. The van der Waals surface area contributed by atoms with Crippen LogP contribution in [0.5, 0.6) is 0 Å². The number of aromatic amines is 1. The lowest BCUT2D eigenvalue weighted by Crippen LogP contribution is -2.46. The van der Waals surface area contributed by atoms with Crippen molar-refractivity contribution in [3.63, 3.8) is 0 Å². The molecule has 0 bridgehead atoms. The van der Waals surface area contributed by atoms with Gasteiger partial charge in [-0.1, -0.05) is 59.6 Å². The van der Waals surface area contributed by atoms with Gasteiger partial charge >= 0.3 is 6.18 Å². The zero-order valence-corrected chi connectivity index (χ0v) is 19.6. The minimum atomic E-state index is -4.90. The van der Waals surface area contributed by atoms with Crippen LogP contribution in [0.25, 0.3) is 11.1 Å². The topological polar surface area (TPSA) is 56.4 Å². The summed E-state index contributed by atoms with van der Waals surface area (Å²) < 4.78 is 64.0. The van der Waals surface area contributed by atoms with Crippen molar-refractivity contribution >= 4 is 44.5 Å². The lowest BCUT2D eigenvalue weighted by molar-refractivity contribution is -0.106. The summed E-state index contributed by atoms with van der Waals surface area (Å²) in [6.07, 6.45) is -4.90. The highest BCUT2D eigenvalue weighted by atomic mass is 35.5. The van der Waals surface area contributed by atoms with Gasteiger partial charge in [0.25, 0.3) is 0 Å². The van der Waals surface area contributed by atoms with E-state index in [4.69, 9.17) is 23.2 Å². The average Bonchev–Trinajstić information content (AvgIpc) is 3.11. The third kappa shape index (κ3) is 5.10. The number of rotatable bonds is 5. The molecule has 1 aromatic heterocycles. The Bertz CT molecular complexity index is 1240. The van der Waals surface area contributed by atoms with E-state index in [0.29, 0.717) is 42.6 Å². The van der Waals surface area contributed by atoms with Crippen LogP contribution < -0.4 is 9.80 Å². The van der Waals surface area contributed by atoms with Crippen molar-refractivity contribution in [1.29, 1.82) is 0 Å². The molecule has 2 aromatic carbocycles. The first kappa shape index (κ1) is 23.8. The molecule has 1 aliphatic heterocycles. The maximum atomic E-state index is 12.9. The van der Waals surface area contributed by atoms with Crippen LogP contribution in [0.4, 0.5) is 24.7 Å². The Labute approximate surface area is 199 Å². The van der Waals surface area contributed by atoms with Gasteiger partial charge in [0.2, 0.25) is 9.84 Å². The molecule has 3 aromatic rings. The van der Waals surface area contributed by atoms with Crippen LogP contribution in [-0.4, -0.2) is 51.5 Å². The van der Waals surface area contributed by atoms with Gasteiger partial charge in [-0.2, -0.15) is 13.2 Å². The average molecular weight is 518 g/mol.